The van der Waals surface area contributed by atoms with Gasteiger partial charge in [-0.05, 0) is 47.4 Å². The van der Waals surface area contributed by atoms with Gasteiger partial charge in [0.1, 0.15) is 12.4 Å². The van der Waals surface area contributed by atoms with Crippen LogP contribution in [0, 0.1) is 6.07 Å². The van der Waals surface area contributed by atoms with E-state index in [9.17, 15) is 4.79 Å². The summed E-state index contributed by atoms with van der Waals surface area (Å²) in [7, 11) is 0. The van der Waals surface area contributed by atoms with Crippen LogP contribution in [-0.4, -0.2) is 10.5 Å². The molecule has 5 rings (SSSR count). The van der Waals surface area contributed by atoms with Crippen molar-refractivity contribution in [2.75, 3.05) is 0 Å². The lowest BCUT2D eigenvalue weighted by Gasteiger charge is -2.14. The van der Waals surface area contributed by atoms with Crippen LogP contribution in [0.2, 0.25) is 0 Å². The molecule has 0 atom stereocenters. The average molecular weight is 448 g/mol. The predicted molar refractivity (Wildman–Crippen MR) is 137 cm³/mol. The molecule has 5 aromatic rings. The highest BCUT2D eigenvalue weighted by Crippen LogP contribution is 2.34. The average Bonchev–Trinajstić information content (AvgIpc) is 3.17. The molecular weight excluding hydrogens is 420 g/mol. The summed E-state index contributed by atoms with van der Waals surface area (Å²) in [6, 6.07) is 31.7. The van der Waals surface area contributed by atoms with E-state index in [-0.39, 0.29) is 0 Å². The van der Waals surface area contributed by atoms with Crippen molar-refractivity contribution in [3.05, 3.63) is 113 Å². The topological polar surface area (TPSA) is 57.2 Å². The van der Waals surface area contributed by atoms with Crippen LogP contribution in [0.4, 0.5) is 0 Å². The van der Waals surface area contributed by atoms with Crippen molar-refractivity contribution in [3.63, 3.8) is 0 Å². The third kappa shape index (κ3) is 4.03. The fraction of sp³-hybridized carbons (Fsp3) is 0.167. The van der Waals surface area contributed by atoms with E-state index in [4.69, 9.17) is 10.5 Å². The summed E-state index contributed by atoms with van der Waals surface area (Å²) in [6.07, 6.45) is 0. The summed E-state index contributed by atoms with van der Waals surface area (Å²) in [6.45, 7) is 5.44. The maximum absolute atomic E-state index is 12.3. The van der Waals surface area contributed by atoms with Gasteiger partial charge in [0.15, 0.2) is 0 Å². The number of aromatic nitrogens is 1. The molecule has 0 aliphatic carbocycles. The lowest BCUT2D eigenvalue weighted by molar-refractivity contribution is 0.100. The van der Waals surface area contributed by atoms with Gasteiger partial charge in [-0.15, -0.1) is 0 Å². The number of fused-ring (bicyclic) bond motifs is 3. The molecule has 1 amide bonds. The number of primary amides is 1. The molecule has 0 saturated carbocycles. The van der Waals surface area contributed by atoms with Crippen LogP contribution in [-0.2, 0) is 13.2 Å². The number of hydrogen-bond acceptors (Lipinski definition) is 2. The Morgan fingerprint density at radius 2 is 1.74 bits per heavy atom. The second-order valence-electron chi connectivity index (χ2n) is 8.88. The van der Waals surface area contributed by atoms with E-state index < -0.39 is 5.91 Å². The first-order valence-electron chi connectivity index (χ1n) is 11.5. The summed E-state index contributed by atoms with van der Waals surface area (Å²) in [5.41, 5.74) is 11.6. The zero-order valence-electron chi connectivity index (χ0n) is 19.4. The maximum Gasteiger partial charge on any atom is 0.249 e. The molecule has 1 radical (unpaired) electrons. The Kier molecular flexibility index (Phi) is 5.81. The normalized spacial score (nSPS) is 11.4. The van der Waals surface area contributed by atoms with Crippen LogP contribution in [0.15, 0.2) is 84.9 Å². The molecular formula is C30H27N2O2. The number of amides is 1. The first-order chi connectivity index (χ1) is 16.5. The third-order valence-corrected chi connectivity index (χ3v) is 6.29. The summed E-state index contributed by atoms with van der Waals surface area (Å²) in [5.74, 6) is 0.776. The lowest BCUT2D eigenvalue weighted by Crippen LogP contribution is -2.11. The Bertz CT molecular complexity index is 1480. The minimum Gasteiger partial charge on any atom is -0.489 e. The SMILES string of the molecule is CC(C)c1c[c]c2c3c(C(N)=O)cccc3n(Cc3ccccc3OCc3ccccc3)c2c1. The van der Waals surface area contributed by atoms with Crippen molar-refractivity contribution in [2.45, 2.75) is 32.9 Å². The summed E-state index contributed by atoms with van der Waals surface area (Å²) < 4.78 is 8.47. The molecule has 4 heteroatoms. The highest BCUT2D eigenvalue weighted by molar-refractivity contribution is 6.17. The van der Waals surface area contributed by atoms with Crippen LogP contribution >= 0.6 is 0 Å². The Morgan fingerprint density at radius 3 is 2.50 bits per heavy atom. The Morgan fingerprint density at radius 1 is 0.971 bits per heavy atom. The predicted octanol–water partition coefficient (Wildman–Crippen LogP) is 6.44. The molecule has 169 valence electrons. The van der Waals surface area contributed by atoms with Crippen LogP contribution in [0.5, 0.6) is 5.75 Å². The fourth-order valence-corrected chi connectivity index (χ4v) is 4.46. The van der Waals surface area contributed by atoms with E-state index >= 15 is 0 Å². The monoisotopic (exact) mass is 447 g/mol. The first kappa shape index (κ1) is 21.8. The molecule has 0 aliphatic rings. The number of carbonyl (C=O) groups excluding carboxylic acids is 1. The Balaban J connectivity index is 1.63. The highest BCUT2D eigenvalue weighted by atomic mass is 16.5. The number of benzene rings is 4. The number of carbonyl (C=O) groups is 1. The Labute approximate surface area is 199 Å². The van der Waals surface area contributed by atoms with E-state index in [0.29, 0.717) is 24.6 Å². The maximum atomic E-state index is 12.3. The second kappa shape index (κ2) is 9.06. The summed E-state index contributed by atoms with van der Waals surface area (Å²) in [4.78, 5) is 12.3. The third-order valence-electron chi connectivity index (χ3n) is 6.29. The van der Waals surface area contributed by atoms with E-state index in [0.717, 1.165) is 38.7 Å². The molecule has 1 heterocycles. The molecule has 1 aromatic heterocycles. The van der Waals surface area contributed by atoms with Crippen molar-refractivity contribution < 1.29 is 9.53 Å². The molecule has 2 N–H and O–H groups in total. The van der Waals surface area contributed by atoms with Crippen LogP contribution in [0.3, 0.4) is 0 Å². The van der Waals surface area contributed by atoms with Gasteiger partial charge in [0.25, 0.3) is 0 Å². The largest absolute Gasteiger partial charge is 0.489 e. The van der Waals surface area contributed by atoms with E-state index in [1.54, 1.807) is 6.07 Å². The van der Waals surface area contributed by atoms with Gasteiger partial charge in [-0.2, -0.15) is 0 Å². The highest BCUT2D eigenvalue weighted by Gasteiger charge is 2.18. The number of hydrogen-bond donors (Lipinski definition) is 1. The van der Waals surface area contributed by atoms with Gasteiger partial charge in [-0.1, -0.05) is 74.5 Å². The van der Waals surface area contributed by atoms with E-state index in [1.807, 2.05) is 54.6 Å². The van der Waals surface area contributed by atoms with Gasteiger partial charge in [-0.25, -0.2) is 0 Å². The van der Waals surface area contributed by atoms with Crippen molar-refractivity contribution in [1.29, 1.82) is 0 Å². The molecule has 0 unspecified atom stereocenters. The van der Waals surface area contributed by atoms with Gasteiger partial charge in [0.05, 0.1) is 17.6 Å². The van der Waals surface area contributed by atoms with E-state index in [2.05, 4.69) is 48.7 Å². The minimum atomic E-state index is -0.433. The number of nitrogens with two attached hydrogens (primary N) is 1. The number of ether oxygens (including phenoxy) is 1. The van der Waals surface area contributed by atoms with Crippen molar-refractivity contribution >= 4 is 27.7 Å². The number of para-hydroxylation sites is 1. The van der Waals surface area contributed by atoms with Crippen LogP contribution in [0.25, 0.3) is 21.8 Å². The minimum absolute atomic E-state index is 0.365. The molecule has 0 spiro atoms. The molecule has 0 saturated heterocycles. The number of rotatable bonds is 7. The van der Waals surface area contributed by atoms with Crippen molar-refractivity contribution in [1.82, 2.24) is 4.57 Å². The molecule has 4 nitrogen and oxygen atoms in total. The molecule has 4 aromatic carbocycles. The van der Waals surface area contributed by atoms with Gasteiger partial charge in [0, 0.05) is 21.9 Å². The van der Waals surface area contributed by atoms with Crippen molar-refractivity contribution in [2.24, 2.45) is 5.73 Å². The van der Waals surface area contributed by atoms with Gasteiger partial charge in [0.2, 0.25) is 5.91 Å². The molecule has 0 fully saturated rings. The quantitative estimate of drug-likeness (QED) is 0.312. The van der Waals surface area contributed by atoms with Gasteiger partial charge in [-0.3, -0.25) is 4.79 Å². The molecule has 0 aliphatic heterocycles. The lowest BCUT2D eigenvalue weighted by atomic mass is 10.00. The summed E-state index contributed by atoms with van der Waals surface area (Å²) in [5, 5.41) is 1.76. The molecule has 0 bridgehead atoms. The van der Waals surface area contributed by atoms with Gasteiger partial charge >= 0.3 is 0 Å². The van der Waals surface area contributed by atoms with Crippen LogP contribution < -0.4 is 10.5 Å². The standard InChI is InChI=1S/C30H27N2O2/c1-20(2)22-15-16-24-27(17-22)32(26-13-8-12-25(29(24)26)30(31)33)18-23-11-6-7-14-28(23)34-19-21-9-4-3-5-10-21/h3-15,17,20H,18-19H2,1-2H3,(H2,31,33). The zero-order chi connectivity index (χ0) is 23.7. The molecule has 34 heavy (non-hydrogen) atoms. The smallest absolute Gasteiger partial charge is 0.249 e. The zero-order valence-corrected chi connectivity index (χ0v) is 19.4. The van der Waals surface area contributed by atoms with E-state index in [1.165, 1.54) is 5.56 Å². The van der Waals surface area contributed by atoms with Crippen molar-refractivity contribution in [3.8, 4) is 5.75 Å². The first-order valence-corrected chi connectivity index (χ1v) is 11.5. The number of nitrogens with zero attached hydrogens (tertiary/aromatic N) is 1. The summed E-state index contributed by atoms with van der Waals surface area (Å²) >= 11 is 0. The van der Waals surface area contributed by atoms with Crippen LogP contribution in [0.1, 0.15) is 46.8 Å². The second-order valence-corrected chi connectivity index (χ2v) is 8.88. The fourth-order valence-electron chi connectivity index (χ4n) is 4.46. The Hall–Kier alpha value is -4.05. The van der Waals surface area contributed by atoms with Gasteiger partial charge < -0.3 is 15.0 Å².